The normalized spacial score (nSPS) is 11.2. The van der Waals surface area contributed by atoms with Gasteiger partial charge in [0.25, 0.3) is 0 Å². The van der Waals surface area contributed by atoms with Crippen LogP contribution in [0.1, 0.15) is 34.1 Å². The number of allylic oxidation sites excluding steroid dienone is 2. The Kier molecular flexibility index (Phi) is 8.25. The average Bonchev–Trinajstić information content (AvgIpc) is 2.59. The molecule has 0 saturated heterocycles. The molecular formula is C13H20N2. The maximum absolute atomic E-state index is 3.81. The molecule has 0 amide bonds. The van der Waals surface area contributed by atoms with E-state index in [1.54, 1.807) is 12.4 Å². The molecule has 1 heterocycles. The quantitative estimate of drug-likeness (QED) is 0.646. The molecule has 2 rings (SSSR count). The maximum Gasteiger partial charge on any atom is 0.0574 e. The molecule has 2 nitrogen and oxygen atoms in total. The first-order valence-corrected chi connectivity index (χ1v) is 5.60. The van der Waals surface area contributed by atoms with Gasteiger partial charge in [-0.3, -0.25) is 0 Å². The summed E-state index contributed by atoms with van der Waals surface area (Å²) in [6.07, 6.45) is 12.9. The van der Waals surface area contributed by atoms with Gasteiger partial charge in [0.15, 0.2) is 0 Å². The highest BCUT2D eigenvalue weighted by Gasteiger charge is 1.86. The van der Waals surface area contributed by atoms with Crippen molar-refractivity contribution < 1.29 is 0 Å². The van der Waals surface area contributed by atoms with E-state index in [2.05, 4.69) is 22.3 Å². The molecular weight excluding hydrogens is 184 g/mol. The Bertz CT molecular complexity index is 391. The summed E-state index contributed by atoms with van der Waals surface area (Å²) in [4.78, 5) is 0. The van der Waals surface area contributed by atoms with Crippen LogP contribution in [0, 0.1) is 0 Å². The molecule has 0 atom stereocenters. The van der Waals surface area contributed by atoms with Crippen LogP contribution in [0.3, 0.4) is 0 Å². The fourth-order valence-electron chi connectivity index (χ4n) is 1.10. The summed E-state index contributed by atoms with van der Waals surface area (Å²) in [6, 6.07) is 0. The lowest BCUT2D eigenvalue weighted by molar-refractivity contribution is 1.01. The Morgan fingerprint density at radius 1 is 0.933 bits per heavy atom. The van der Waals surface area contributed by atoms with E-state index in [4.69, 9.17) is 0 Å². The molecule has 0 spiro atoms. The van der Waals surface area contributed by atoms with Gasteiger partial charge in [-0.1, -0.05) is 52.0 Å². The Morgan fingerprint density at radius 3 is 2.20 bits per heavy atom. The molecule has 0 saturated carbocycles. The Balaban J connectivity index is 0.000000442. The van der Waals surface area contributed by atoms with Crippen LogP contribution in [0.15, 0.2) is 24.5 Å². The molecule has 1 aromatic rings. The smallest absolute Gasteiger partial charge is 0.0574 e. The van der Waals surface area contributed by atoms with Crippen LogP contribution >= 0.6 is 0 Å². The molecule has 0 unspecified atom stereocenters. The second kappa shape index (κ2) is 9.13. The van der Waals surface area contributed by atoms with E-state index in [0.29, 0.717) is 0 Å². The third-order valence-electron chi connectivity index (χ3n) is 1.68. The fraction of sp³-hybridized carbons (Fsp3) is 0.385. The molecule has 82 valence electrons. The molecule has 1 aromatic heterocycles. The van der Waals surface area contributed by atoms with Gasteiger partial charge in [-0.15, -0.1) is 0 Å². The van der Waals surface area contributed by atoms with Crippen LogP contribution in [0.25, 0.3) is 12.2 Å². The van der Waals surface area contributed by atoms with Gasteiger partial charge < -0.3 is 0 Å². The van der Waals surface area contributed by atoms with Gasteiger partial charge in [-0.25, -0.2) is 0 Å². The fourth-order valence-corrected chi connectivity index (χ4v) is 1.10. The second-order valence-electron chi connectivity index (χ2n) is 2.43. The molecule has 15 heavy (non-hydrogen) atoms. The van der Waals surface area contributed by atoms with Crippen molar-refractivity contribution in [1.29, 1.82) is 0 Å². The van der Waals surface area contributed by atoms with Crippen molar-refractivity contribution in [1.82, 2.24) is 10.2 Å². The summed E-state index contributed by atoms with van der Waals surface area (Å²) in [5.41, 5.74) is 0. The summed E-state index contributed by atoms with van der Waals surface area (Å²) in [7, 11) is 0. The minimum absolute atomic E-state index is 0.981. The first kappa shape index (κ1) is 13.6. The van der Waals surface area contributed by atoms with E-state index in [1.807, 2.05) is 39.8 Å². The molecule has 0 aliphatic heterocycles. The van der Waals surface area contributed by atoms with Crippen molar-refractivity contribution in [2.45, 2.75) is 34.1 Å². The Hall–Kier alpha value is -1.44. The SMILES string of the molecule is C1=CCC=c2cnncc2=C1.CC.CC. The number of nitrogens with zero attached hydrogens (tertiary/aromatic N) is 2. The third kappa shape index (κ3) is 4.54. The predicted octanol–water partition coefficient (Wildman–Crippen LogP) is 2.05. The first-order valence-electron chi connectivity index (χ1n) is 5.60. The monoisotopic (exact) mass is 204 g/mol. The molecule has 2 heteroatoms. The minimum Gasteiger partial charge on any atom is -0.159 e. The van der Waals surface area contributed by atoms with Crippen molar-refractivity contribution in [3.05, 3.63) is 35.0 Å². The lowest BCUT2D eigenvalue weighted by Crippen LogP contribution is -2.24. The van der Waals surface area contributed by atoms with E-state index >= 15 is 0 Å². The Morgan fingerprint density at radius 2 is 1.53 bits per heavy atom. The average molecular weight is 204 g/mol. The summed E-state index contributed by atoms with van der Waals surface area (Å²) in [5, 5.41) is 9.93. The number of fused-ring (bicyclic) bond motifs is 1. The van der Waals surface area contributed by atoms with Crippen LogP contribution in [-0.2, 0) is 0 Å². The van der Waals surface area contributed by atoms with Crippen molar-refractivity contribution in [3.63, 3.8) is 0 Å². The minimum atomic E-state index is 0.981. The van der Waals surface area contributed by atoms with Gasteiger partial charge in [0.1, 0.15) is 0 Å². The van der Waals surface area contributed by atoms with Crippen molar-refractivity contribution in [3.8, 4) is 0 Å². The van der Waals surface area contributed by atoms with Gasteiger partial charge in [0.05, 0.1) is 12.4 Å². The summed E-state index contributed by atoms with van der Waals surface area (Å²) in [6.45, 7) is 8.00. The summed E-state index contributed by atoms with van der Waals surface area (Å²) in [5.74, 6) is 0. The first-order chi connectivity index (χ1) is 7.47. The van der Waals surface area contributed by atoms with E-state index in [-0.39, 0.29) is 0 Å². The lowest BCUT2D eigenvalue weighted by atomic mass is 10.3. The third-order valence-corrected chi connectivity index (χ3v) is 1.68. The maximum atomic E-state index is 3.81. The van der Waals surface area contributed by atoms with Gasteiger partial charge in [0, 0.05) is 5.22 Å². The van der Waals surface area contributed by atoms with Gasteiger partial charge in [0.2, 0.25) is 0 Å². The van der Waals surface area contributed by atoms with E-state index in [9.17, 15) is 0 Å². The molecule has 0 fully saturated rings. The zero-order valence-electron chi connectivity index (χ0n) is 10.1. The van der Waals surface area contributed by atoms with Crippen LogP contribution in [-0.4, -0.2) is 10.2 Å². The topological polar surface area (TPSA) is 25.8 Å². The number of aromatic nitrogens is 2. The number of rotatable bonds is 0. The molecule has 0 aromatic carbocycles. The molecule has 0 bridgehead atoms. The van der Waals surface area contributed by atoms with Crippen LogP contribution in [0.5, 0.6) is 0 Å². The Labute approximate surface area is 92.1 Å². The highest BCUT2D eigenvalue weighted by atomic mass is 15.1. The van der Waals surface area contributed by atoms with Crippen LogP contribution in [0.2, 0.25) is 0 Å². The second-order valence-corrected chi connectivity index (χ2v) is 2.43. The van der Waals surface area contributed by atoms with Crippen LogP contribution in [0.4, 0.5) is 0 Å². The zero-order valence-corrected chi connectivity index (χ0v) is 10.1. The number of hydrogen-bond acceptors (Lipinski definition) is 2. The zero-order chi connectivity index (χ0) is 11.5. The predicted molar refractivity (Wildman–Crippen MR) is 66.7 cm³/mol. The van der Waals surface area contributed by atoms with E-state index in [1.165, 1.54) is 5.22 Å². The highest BCUT2D eigenvalue weighted by molar-refractivity contribution is 5.42. The highest BCUT2D eigenvalue weighted by Crippen LogP contribution is 1.86. The molecule has 0 radical (unpaired) electrons. The van der Waals surface area contributed by atoms with Gasteiger partial charge in [-0.2, -0.15) is 10.2 Å². The number of hydrogen-bond donors (Lipinski definition) is 0. The van der Waals surface area contributed by atoms with E-state index in [0.717, 1.165) is 11.6 Å². The van der Waals surface area contributed by atoms with Gasteiger partial charge >= 0.3 is 0 Å². The molecule has 0 N–H and O–H groups in total. The van der Waals surface area contributed by atoms with Crippen molar-refractivity contribution in [2.24, 2.45) is 0 Å². The summed E-state index contributed by atoms with van der Waals surface area (Å²) < 4.78 is 0. The van der Waals surface area contributed by atoms with Crippen LogP contribution < -0.4 is 10.4 Å². The standard InChI is InChI=1S/C9H8N2.2C2H6/c1-2-4-8-6-10-11-7-9(8)5-3-1;2*1-2/h1-2,4-7H,3H2;2*1-2H3. The summed E-state index contributed by atoms with van der Waals surface area (Å²) >= 11 is 0. The van der Waals surface area contributed by atoms with Crippen molar-refractivity contribution in [2.75, 3.05) is 0 Å². The molecule has 1 aliphatic rings. The van der Waals surface area contributed by atoms with Crippen molar-refractivity contribution >= 4 is 12.2 Å². The lowest BCUT2D eigenvalue weighted by Gasteiger charge is -1.83. The van der Waals surface area contributed by atoms with Gasteiger partial charge in [-0.05, 0) is 11.6 Å². The van der Waals surface area contributed by atoms with E-state index < -0.39 is 0 Å². The largest absolute Gasteiger partial charge is 0.159 e. The molecule has 1 aliphatic carbocycles.